The van der Waals surface area contributed by atoms with Gasteiger partial charge in [-0.2, -0.15) is 13.3 Å². The van der Waals surface area contributed by atoms with Crippen LogP contribution in [0.15, 0.2) is 0 Å². The number of nitrogens with zero attached hydrogens (tertiary/aromatic N) is 1. The summed E-state index contributed by atoms with van der Waals surface area (Å²) in [5.74, 6) is 0. The predicted molar refractivity (Wildman–Crippen MR) is 46.7 cm³/mol. The fourth-order valence-corrected chi connectivity index (χ4v) is 0.923. The van der Waals surface area contributed by atoms with Gasteiger partial charge in [-0.05, 0) is 20.4 Å². The van der Waals surface area contributed by atoms with Crippen LogP contribution in [0.3, 0.4) is 0 Å². The van der Waals surface area contributed by atoms with Crippen LogP contribution in [0.5, 0.6) is 0 Å². The second-order valence-corrected chi connectivity index (χ2v) is 2.83. The van der Waals surface area contributed by atoms with Crippen LogP contribution in [0.25, 0.3) is 0 Å². The van der Waals surface area contributed by atoms with Crippen molar-refractivity contribution in [3.8, 4) is 0 Å². The maximum Gasteiger partial charge on any atom is 0.000895 e. The average molecular weight is 417 g/mol. The van der Waals surface area contributed by atoms with Crippen molar-refractivity contribution in [1.29, 1.82) is 0 Å². The van der Waals surface area contributed by atoms with Crippen molar-refractivity contribution in [3.63, 3.8) is 0 Å². The molecule has 0 aliphatic carbocycles. The molecular formula is C9H19NRhYb-2. The summed E-state index contributed by atoms with van der Waals surface area (Å²) in [7, 11) is 0. The first-order valence-electron chi connectivity index (χ1n) is 4.03. The molecule has 0 atom stereocenters. The topological polar surface area (TPSA) is 3.24 Å². The summed E-state index contributed by atoms with van der Waals surface area (Å²) < 4.78 is 0. The molecule has 0 heterocycles. The Morgan fingerprint density at radius 3 is 2.17 bits per heavy atom. The Morgan fingerprint density at radius 2 is 1.92 bits per heavy atom. The van der Waals surface area contributed by atoms with Gasteiger partial charge in [-0.3, -0.25) is 0 Å². The van der Waals surface area contributed by atoms with E-state index < -0.39 is 0 Å². The Morgan fingerprint density at radius 1 is 1.42 bits per heavy atom. The standard InChI is InChI=1S/C9H19N.Rh.Yb/c1-5-7-8-10(6-2)9(3)4;;/h5,9H,2,6-8H2,1,3-4H3;;/q-2;;. The van der Waals surface area contributed by atoms with Crippen LogP contribution in [-0.4, -0.2) is 24.0 Å². The Hall–Kier alpha value is 2.10. The van der Waals surface area contributed by atoms with Gasteiger partial charge in [0.1, 0.15) is 0 Å². The molecule has 0 aromatic carbocycles. The van der Waals surface area contributed by atoms with E-state index in [1.807, 2.05) is 0 Å². The van der Waals surface area contributed by atoms with Gasteiger partial charge in [0.05, 0.1) is 0 Å². The van der Waals surface area contributed by atoms with Crippen molar-refractivity contribution in [2.45, 2.75) is 33.2 Å². The van der Waals surface area contributed by atoms with E-state index in [1.165, 1.54) is 6.42 Å². The summed E-state index contributed by atoms with van der Waals surface area (Å²) in [4.78, 5) is 2.36. The first-order chi connectivity index (χ1) is 4.72. The Kier molecular flexibility index (Phi) is 21.4. The third kappa shape index (κ3) is 10.2. The molecule has 85 valence electrons. The molecule has 0 aromatic rings. The van der Waals surface area contributed by atoms with E-state index in [-0.39, 0.29) is 66.4 Å². The molecule has 0 unspecified atom stereocenters. The Balaban J connectivity index is -0.000000405. The van der Waals surface area contributed by atoms with Crippen LogP contribution in [0.4, 0.5) is 0 Å². The number of rotatable bonds is 5. The zero-order valence-electron chi connectivity index (χ0n) is 8.03. The summed E-state index contributed by atoms with van der Waals surface area (Å²) in [6.45, 7) is 12.5. The van der Waals surface area contributed by atoms with Gasteiger partial charge in [-0.25, -0.2) is 0 Å². The van der Waals surface area contributed by atoms with Crippen molar-refractivity contribution in [3.05, 3.63) is 13.3 Å². The average Bonchev–Trinajstić information content (AvgIpc) is 1.89. The molecule has 0 saturated carbocycles. The van der Waals surface area contributed by atoms with Gasteiger partial charge in [0.15, 0.2) is 0 Å². The number of hydrogen-bond donors (Lipinski definition) is 0. The van der Waals surface area contributed by atoms with Crippen LogP contribution >= 0.6 is 0 Å². The smallest absolute Gasteiger partial charge is 0.000895 e. The van der Waals surface area contributed by atoms with Crippen LogP contribution < -0.4 is 0 Å². The number of hydrogen-bond acceptors (Lipinski definition) is 1. The van der Waals surface area contributed by atoms with Crippen LogP contribution in [0, 0.1) is 60.3 Å². The van der Waals surface area contributed by atoms with E-state index in [4.69, 9.17) is 0 Å². The van der Waals surface area contributed by atoms with Crippen molar-refractivity contribution < 1.29 is 66.4 Å². The van der Waals surface area contributed by atoms with Gasteiger partial charge >= 0.3 is 0 Å². The fourth-order valence-electron chi connectivity index (χ4n) is 0.923. The minimum absolute atomic E-state index is 0. The van der Waals surface area contributed by atoms with Gasteiger partial charge in [-0.15, -0.1) is 6.54 Å². The van der Waals surface area contributed by atoms with Gasteiger partial charge in [-0.1, -0.05) is 0 Å². The van der Waals surface area contributed by atoms with E-state index in [0.29, 0.717) is 6.04 Å². The molecule has 1 radical (unpaired) electrons. The normalized spacial score (nSPS) is 9.50. The largest absolute Gasteiger partial charge is 0.333 e. The van der Waals surface area contributed by atoms with Crippen LogP contribution in [-0.2, 0) is 19.5 Å². The summed E-state index contributed by atoms with van der Waals surface area (Å²) in [5, 5.41) is 0. The molecule has 3 heteroatoms. The van der Waals surface area contributed by atoms with Crippen molar-refractivity contribution in [1.82, 2.24) is 4.90 Å². The third-order valence-corrected chi connectivity index (χ3v) is 1.72. The Bertz CT molecular complexity index is 78.9. The first-order valence-corrected chi connectivity index (χ1v) is 4.03. The molecule has 0 aromatic heterocycles. The van der Waals surface area contributed by atoms with Crippen molar-refractivity contribution in [2.75, 3.05) is 13.1 Å². The third-order valence-electron chi connectivity index (χ3n) is 1.72. The molecule has 0 aliphatic rings. The van der Waals surface area contributed by atoms with Crippen molar-refractivity contribution in [2.24, 2.45) is 0 Å². The molecule has 0 spiro atoms. The zero-order chi connectivity index (χ0) is 7.98. The monoisotopic (exact) mass is 418 g/mol. The molecule has 12 heavy (non-hydrogen) atoms. The fraction of sp³-hybridized carbons (Fsp3) is 0.778. The maximum atomic E-state index is 3.87. The zero-order valence-corrected chi connectivity index (χ0v) is 11.4. The number of unbranched alkanes of at least 4 members (excludes halogenated alkanes) is 1. The van der Waals surface area contributed by atoms with Gasteiger partial charge in [0.2, 0.25) is 0 Å². The molecule has 0 amide bonds. The quantitative estimate of drug-likeness (QED) is 0.490. The van der Waals surface area contributed by atoms with E-state index in [1.54, 1.807) is 0 Å². The second kappa shape index (κ2) is 13.1. The van der Waals surface area contributed by atoms with E-state index >= 15 is 0 Å². The van der Waals surface area contributed by atoms with Gasteiger partial charge in [0, 0.05) is 72.4 Å². The summed E-state index contributed by atoms with van der Waals surface area (Å²) in [6, 6.07) is 0.637. The molecule has 0 N–H and O–H groups in total. The molecule has 0 aliphatic heterocycles. The first kappa shape index (κ1) is 19.6. The minimum atomic E-state index is 0. The van der Waals surface area contributed by atoms with Crippen LogP contribution in [0.1, 0.15) is 27.2 Å². The van der Waals surface area contributed by atoms with Crippen molar-refractivity contribution >= 4 is 0 Å². The molecule has 0 bridgehead atoms. The van der Waals surface area contributed by atoms with Gasteiger partial charge < -0.3 is 18.2 Å². The SMILES string of the molecule is [CH2-]CN(CC[CH-]C)C(C)C.[Rh].[Yb]. The Labute approximate surface area is 129 Å². The van der Waals surface area contributed by atoms with E-state index in [0.717, 1.165) is 13.1 Å². The predicted octanol–water partition coefficient (Wildman–Crippen LogP) is 2.14. The minimum Gasteiger partial charge on any atom is -0.333 e. The molecule has 0 rings (SSSR count). The molecule has 0 fully saturated rings. The van der Waals surface area contributed by atoms with E-state index in [2.05, 4.69) is 39.0 Å². The maximum absolute atomic E-state index is 3.87. The second-order valence-electron chi connectivity index (χ2n) is 2.83. The summed E-state index contributed by atoms with van der Waals surface area (Å²) >= 11 is 0. The molecule has 0 saturated heterocycles. The summed E-state index contributed by atoms with van der Waals surface area (Å²) in [6.07, 6.45) is 3.37. The van der Waals surface area contributed by atoms with E-state index in [9.17, 15) is 0 Å². The molecular weight excluding hydrogens is 398 g/mol. The summed E-state index contributed by atoms with van der Waals surface area (Å²) in [5.41, 5.74) is 0. The molecule has 1 nitrogen and oxygen atoms in total. The van der Waals surface area contributed by atoms with Gasteiger partial charge in [0.25, 0.3) is 0 Å². The van der Waals surface area contributed by atoms with Crippen LogP contribution in [0.2, 0.25) is 0 Å².